The minimum absolute atomic E-state index is 0.0178. The van der Waals surface area contributed by atoms with E-state index >= 15 is 0 Å². The molecule has 2 heterocycles. The average Bonchev–Trinajstić information content (AvgIpc) is 3.02. The van der Waals surface area contributed by atoms with Crippen LogP contribution in [0.4, 0.5) is 0 Å². The largest absolute Gasteiger partial charge is 0.379 e. The molecule has 8 nitrogen and oxygen atoms in total. The fourth-order valence-corrected chi connectivity index (χ4v) is 6.60. The van der Waals surface area contributed by atoms with Crippen molar-refractivity contribution in [2.24, 2.45) is 0 Å². The van der Waals surface area contributed by atoms with Crippen molar-refractivity contribution in [3.05, 3.63) is 29.8 Å². The number of nitrogens with zero attached hydrogens (tertiary/aromatic N) is 2. The molecule has 0 aromatic heterocycles. The summed E-state index contributed by atoms with van der Waals surface area (Å²) in [5.41, 5.74) is 0.349. The van der Waals surface area contributed by atoms with E-state index in [-0.39, 0.29) is 28.4 Å². The van der Waals surface area contributed by atoms with Gasteiger partial charge in [0.1, 0.15) is 0 Å². The van der Waals surface area contributed by atoms with E-state index in [9.17, 15) is 21.6 Å². The number of sulfonamides is 1. The van der Waals surface area contributed by atoms with Gasteiger partial charge < -0.3 is 9.64 Å². The summed E-state index contributed by atoms with van der Waals surface area (Å²) in [6, 6.07) is 5.50. The molecule has 0 bridgehead atoms. The second-order valence-corrected chi connectivity index (χ2v) is 10.9. The SMILES string of the molecule is CCN(C(=O)c1ccc(S(=O)(=O)N2CCOCC2)cc1)[C@@H]1CCS(=O)(=O)C1. The smallest absolute Gasteiger partial charge is 0.254 e. The van der Waals surface area contributed by atoms with Crippen LogP contribution < -0.4 is 0 Å². The second kappa shape index (κ2) is 7.86. The Bertz CT molecular complexity index is 890. The molecule has 150 valence electrons. The third-order valence-corrected chi connectivity index (χ3v) is 8.62. The normalized spacial score (nSPS) is 23.2. The first-order chi connectivity index (χ1) is 12.7. The molecule has 2 saturated heterocycles. The van der Waals surface area contributed by atoms with Crippen LogP contribution >= 0.6 is 0 Å². The van der Waals surface area contributed by atoms with Crippen molar-refractivity contribution in [1.82, 2.24) is 9.21 Å². The van der Waals surface area contributed by atoms with Gasteiger partial charge in [0.15, 0.2) is 9.84 Å². The van der Waals surface area contributed by atoms with Gasteiger partial charge in [-0.2, -0.15) is 4.31 Å². The average molecular weight is 417 g/mol. The van der Waals surface area contributed by atoms with Crippen LogP contribution in [-0.2, 0) is 24.6 Å². The number of sulfone groups is 1. The van der Waals surface area contributed by atoms with E-state index in [1.54, 1.807) is 11.8 Å². The van der Waals surface area contributed by atoms with Crippen LogP contribution in [0, 0.1) is 0 Å². The second-order valence-electron chi connectivity index (χ2n) is 6.69. The summed E-state index contributed by atoms with van der Waals surface area (Å²) >= 11 is 0. The van der Waals surface area contributed by atoms with Crippen molar-refractivity contribution in [3.8, 4) is 0 Å². The Morgan fingerprint density at radius 2 is 1.85 bits per heavy atom. The van der Waals surface area contributed by atoms with E-state index in [4.69, 9.17) is 4.74 Å². The number of rotatable bonds is 5. The molecule has 3 rings (SSSR count). The number of ether oxygens (including phenoxy) is 1. The molecular formula is C17H24N2O6S2. The molecule has 10 heteroatoms. The zero-order valence-corrected chi connectivity index (χ0v) is 16.8. The number of hydrogen-bond donors (Lipinski definition) is 0. The van der Waals surface area contributed by atoms with Crippen LogP contribution in [0.1, 0.15) is 23.7 Å². The van der Waals surface area contributed by atoms with Gasteiger partial charge in [0.05, 0.1) is 29.6 Å². The van der Waals surface area contributed by atoms with E-state index in [1.165, 1.54) is 28.6 Å². The Hall–Kier alpha value is -1.49. The number of benzene rings is 1. The van der Waals surface area contributed by atoms with Gasteiger partial charge in [-0.3, -0.25) is 4.79 Å². The summed E-state index contributed by atoms with van der Waals surface area (Å²) in [6.45, 7) is 3.55. The number of morpholine rings is 1. The molecule has 1 amide bonds. The molecule has 1 aromatic carbocycles. The monoisotopic (exact) mass is 416 g/mol. The molecule has 0 N–H and O–H groups in total. The van der Waals surface area contributed by atoms with E-state index in [1.807, 2.05) is 0 Å². The van der Waals surface area contributed by atoms with Crippen molar-refractivity contribution < 1.29 is 26.4 Å². The van der Waals surface area contributed by atoms with Crippen molar-refractivity contribution >= 4 is 25.8 Å². The van der Waals surface area contributed by atoms with Crippen molar-refractivity contribution in [2.75, 3.05) is 44.4 Å². The van der Waals surface area contributed by atoms with Gasteiger partial charge in [0.2, 0.25) is 10.0 Å². The van der Waals surface area contributed by atoms with Gasteiger partial charge in [-0.25, -0.2) is 16.8 Å². The highest BCUT2D eigenvalue weighted by Crippen LogP contribution is 2.22. The van der Waals surface area contributed by atoms with Crippen LogP contribution in [0.3, 0.4) is 0 Å². The lowest BCUT2D eigenvalue weighted by atomic mass is 10.1. The molecule has 2 aliphatic rings. The molecule has 1 aromatic rings. The fourth-order valence-electron chi connectivity index (χ4n) is 3.46. The highest BCUT2D eigenvalue weighted by Gasteiger charge is 2.34. The van der Waals surface area contributed by atoms with Gasteiger partial charge in [0, 0.05) is 31.2 Å². The Morgan fingerprint density at radius 1 is 1.22 bits per heavy atom. The summed E-state index contributed by atoms with van der Waals surface area (Å²) in [5, 5.41) is 0. The van der Waals surface area contributed by atoms with E-state index in [0.717, 1.165) is 0 Å². The number of carbonyl (C=O) groups excluding carboxylic acids is 1. The summed E-state index contributed by atoms with van der Waals surface area (Å²) in [5.74, 6) is -0.205. The Balaban J connectivity index is 1.77. The van der Waals surface area contributed by atoms with Gasteiger partial charge in [0.25, 0.3) is 5.91 Å². The lowest BCUT2D eigenvalue weighted by molar-refractivity contribution is 0.0708. The Kier molecular flexibility index (Phi) is 5.90. The zero-order valence-electron chi connectivity index (χ0n) is 15.2. The highest BCUT2D eigenvalue weighted by molar-refractivity contribution is 7.91. The van der Waals surface area contributed by atoms with Gasteiger partial charge in [-0.05, 0) is 37.6 Å². The minimum Gasteiger partial charge on any atom is -0.379 e. The van der Waals surface area contributed by atoms with Crippen LogP contribution in [0.15, 0.2) is 29.2 Å². The molecule has 0 aliphatic carbocycles. The van der Waals surface area contributed by atoms with E-state index < -0.39 is 19.9 Å². The van der Waals surface area contributed by atoms with Gasteiger partial charge >= 0.3 is 0 Å². The fraction of sp³-hybridized carbons (Fsp3) is 0.588. The number of hydrogen-bond acceptors (Lipinski definition) is 6. The molecular weight excluding hydrogens is 392 g/mol. The van der Waals surface area contributed by atoms with Crippen LogP contribution in [0.25, 0.3) is 0 Å². The predicted molar refractivity (Wildman–Crippen MR) is 99.8 cm³/mol. The van der Waals surface area contributed by atoms with Crippen molar-refractivity contribution in [1.29, 1.82) is 0 Å². The maximum absolute atomic E-state index is 12.8. The third-order valence-electron chi connectivity index (χ3n) is 4.96. The van der Waals surface area contributed by atoms with Gasteiger partial charge in [-0.15, -0.1) is 0 Å². The topological polar surface area (TPSA) is 101 Å². The molecule has 2 aliphatic heterocycles. The molecule has 1 atom stereocenters. The molecule has 0 radical (unpaired) electrons. The third kappa shape index (κ3) is 4.34. The summed E-state index contributed by atoms with van der Waals surface area (Å²) < 4.78 is 55.3. The van der Waals surface area contributed by atoms with Crippen molar-refractivity contribution in [2.45, 2.75) is 24.3 Å². The highest BCUT2D eigenvalue weighted by atomic mass is 32.2. The lowest BCUT2D eigenvalue weighted by Crippen LogP contribution is -2.41. The van der Waals surface area contributed by atoms with E-state index in [2.05, 4.69) is 0 Å². The number of amides is 1. The van der Waals surface area contributed by atoms with Crippen LogP contribution in [-0.4, -0.2) is 82.3 Å². The minimum atomic E-state index is -3.61. The van der Waals surface area contributed by atoms with E-state index in [0.29, 0.717) is 44.8 Å². The molecule has 0 spiro atoms. The number of carbonyl (C=O) groups is 1. The Morgan fingerprint density at radius 3 is 2.37 bits per heavy atom. The van der Waals surface area contributed by atoms with Crippen molar-refractivity contribution in [3.63, 3.8) is 0 Å². The first-order valence-corrected chi connectivity index (χ1v) is 12.2. The first-order valence-electron chi connectivity index (χ1n) is 8.94. The summed E-state index contributed by atoms with van der Waals surface area (Å²) in [4.78, 5) is 14.5. The van der Waals surface area contributed by atoms with Crippen LogP contribution in [0.5, 0.6) is 0 Å². The maximum atomic E-state index is 12.8. The summed E-state index contributed by atoms with van der Waals surface area (Å²) in [7, 11) is -6.71. The first kappa shape index (κ1) is 20.2. The zero-order chi connectivity index (χ0) is 19.7. The standard InChI is InChI=1S/C17H24N2O6S2/c1-2-19(15-7-12-26(21,22)13-15)17(20)14-3-5-16(6-4-14)27(23,24)18-8-10-25-11-9-18/h3-6,15H,2,7-13H2,1H3/t15-/m1/s1. The Labute approximate surface area is 160 Å². The maximum Gasteiger partial charge on any atom is 0.254 e. The van der Waals surface area contributed by atoms with Gasteiger partial charge in [-0.1, -0.05) is 0 Å². The molecule has 27 heavy (non-hydrogen) atoms. The quantitative estimate of drug-likeness (QED) is 0.687. The molecule has 0 saturated carbocycles. The lowest BCUT2D eigenvalue weighted by Gasteiger charge is -2.27. The van der Waals surface area contributed by atoms with Crippen LogP contribution in [0.2, 0.25) is 0 Å². The molecule has 0 unspecified atom stereocenters. The predicted octanol–water partition coefficient (Wildman–Crippen LogP) is 0.357. The summed E-state index contributed by atoms with van der Waals surface area (Å²) in [6.07, 6.45) is 0.436. The molecule has 2 fully saturated rings.